The Hall–Kier alpha value is -2.50. The predicted octanol–water partition coefficient (Wildman–Crippen LogP) is 8.41. The average Bonchev–Trinajstić information content (AvgIpc) is 3.26. The molecule has 1 aliphatic rings. The minimum Gasteiger partial charge on any atom is -0.355 e. The number of halogens is 3. The number of thiocarbonyl (C=S) groups is 1. The fourth-order valence-corrected chi connectivity index (χ4v) is 5.49. The van der Waals surface area contributed by atoms with Crippen LogP contribution in [0.25, 0.3) is 22.6 Å². The van der Waals surface area contributed by atoms with Crippen LogP contribution >= 0.6 is 47.0 Å². The van der Waals surface area contributed by atoms with Gasteiger partial charge in [0.1, 0.15) is 5.69 Å². The third-order valence-corrected chi connectivity index (χ3v) is 7.28. The van der Waals surface area contributed by atoms with Crippen LogP contribution in [0.2, 0.25) is 15.1 Å². The third kappa shape index (κ3) is 5.22. The molecule has 0 saturated heterocycles. The number of aliphatic imine (C=N–C) groups is 1. The van der Waals surface area contributed by atoms with Crippen LogP contribution in [0, 0.1) is 6.92 Å². The minimum atomic E-state index is 0.412. The van der Waals surface area contributed by atoms with Gasteiger partial charge in [-0.3, -0.25) is 4.99 Å². The number of aromatic nitrogens is 1. The van der Waals surface area contributed by atoms with Gasteiger partial charge < -0.3 is 4.52 Å². The molecule has 1 heterocycles. The Morgan fingerprint density at radius 1 is 1.03 bits per heavy atom. The van der Waals surface area contributed by atoms with Crippen molar-refractivity contribution in [3.63, 3.8) is 0 Å². The summed E-state index contributed by atoms with van der Waals surface area (Å²) in [6.07, 6.45) is 4.15. The van der Waals surface area contributed by atoms with Gasteiger partial charge in [-0.1, -0.05) is 94.1 Å². The molecule has 4 aromatic rings. The van der Waals surface area contributed by atoms with E-state index in [1.165, 1.54) is 16.7 Å². The van der Waals surface area contributed by atoms with Crippen LogP contribution in [0.15, 0.2) is 64.1 Å². The first-order valence-electron chi connectivity index (χ1n) is 11.2. The van der Waals surface area contributed by atoms with Gasteiger partial charge in [-0.2, -0.15) is 0 Å². The molecule has 35 heavy (non-hydrogen) atoms. The standard InChI is InChI=1S/C28H21Cl3N2OS/c1-16-2-5-18(6-3-16)28-23-9-7-19-10-17(4-8-22(19)27(23)33-34-28)14-32-15-21(35)13-24-25(30)11-20(29)12-26(24)31/h2-6,8,10-12,14H,7,9,13,15H2,1H3. The van der Waals surface area contributed by atoms with Crippen LogP contribution in [-0.4, -0.2) is 22.8 Å². The second-order valence-electron chi connectivity index (χ2n) is 8.65. The van der Waals surface area contributed by atoms with Gasteiger partial charge in [-0.25, -0.2) is 0 Å². The molecule has 1 aliphatic carbocycles. The Morgan fingerprint density at radius 2 is 1.77 bits per heavy atom. The summed E-state index contributed by atoms with van der Waals surface area (Å²) in [5.74, 6) is 0.866. The molecule has 5 rings (SSSR count). The monoisotopic (exact) mass is 538 g/mol. The van der Waals surface area contributed by atoms with Gasteiger partial charge >= 0.3 is 0 Å². The minimum absolute atomic E-state index is 0.412. The molecule has 3 nitrogen and oxygen atoms in total. The molecule has 3 aromatic carbocycles. The van der Waals surface area contributed by atoms with Gasteiger partial charge in [0.05, 0.1) is 6.54 Å². The van der Waals surface area contributed by atoms with E-state index in [0.717, 1.165) is 51.4 Å². The summed E-state index contributed by atoms with van der Waals surface area (Å²) in [4.78, 5) is 5.30. The van der Waals surface area contributed by atoms with Crippen molar-refractivity contribution in [2.75, 3.05) is 6.54 Å². The third-order valence-electron chi connectivity index (χ3n) is 6.12. The van der Waals surface area contributed by atoms with Gasteiger partial charge in [0.25, 0.3) is 0 Å². The largest absolute Gasteiger partial charge is 0.355 e. The van der Waals surface area contributed by atoms with Crippen LogP contribution in [-0.2, 0) is 19.3 Å². The van der Waals surface area contributed by atoms with Crippen molar-refractivity contribution < 1.29 is 4.52 Å². The SMILES string of the molecule is Cc1ccc(-c2onc3c2CCc2cc(C=NCC(=S)Cc4c(Cl)cc(Cl)cc4Cl)ccc2-3)cc1. The molecular formula is C28H21Cl3N2OS. The topological polar surface area (TPSA) is 38.4 Å². The number of aryl methyl sites for hydroxylation is 2. The van der Waals surface area contributed by atoms with Crippen molar-refractivity contribution in [1.29, 1.82) is 0 Å². The molecule has 0 amide bonds. The fourth-order valence-electron chi connectivity index (χ4n) is 4.32. The molecule has 0 saturated carbocycles. The van der Waals surface area contributed by atoms with Crippen LogP contribution in [0.4, 0.5) is 0 Å². The highest BCUT2D eigenvalue weighted by Crippen LogP contribution is 2.38. The Bertz CT molecular complexity index is 1430. The first kappa shape index (κ1) is 24.2. The normalized spacial score (nSPS) is 12.6. The zero-order valence-corrected chi connectivity index (χ0v) is 22.0. The maximum Gasteiger partial charge on any atom is 0.170 e. The van der Waals surface area contributed by atoms with Crippen molar-refractivity contribution in [2.24, 2.45) is 4.99 Å². The average molecular weight is 540 g/mol. The lowest BCUT2D eigenvalue weighted by Crippen LogP contribution is -2.06. The van der Waals surface area contributed by atoms with E-state index in [1.54, 1.807) is 12.1 Å². The molecule has 0 fully saturated rings. The lowest BCUT2D eigenvalue weighted by molar-refractivity contribution is 0.434. The highest BCUT2D eigenvalue weighted by Gasteiger charge is 2.25. The number of fused-ring (bicyclic) bond motifs is 3. The lowest BCUT2D eigenvalue weighted by Gasteiger charge is -2.15. The summed E-state index contributed by atoms with van der Waals surface area (Å²) in [5.41, 5.74) is 8.56. The molecule has 0 aliphatic heterocycles. The van der Waals surface area contributed by atoms with Gasteiger partial charge in [0, 0.05) is 49.3 Å². The van der Waals surface area contributed by atoms with Crippen LogP contribution < -0.4 is 0 Å². The highest BCUT2D eigenvalue weighted by molar-refractivity contribution is 7.80. The second-order valence-corrected chi connectivity index (χ2v) is 10.5. The highest BCUT2D eigenvalue weighted by atomic mass is 35.5. The van der Waals surface area contributed by atoms with Crippen molar-refractivity contribution in [1.82, 2.24) is 5.16 Å². The van der Waals surface area contributed by atoms with Gasteiger partial charge in [0.2, 0.25) is 0 Å². The van der Waals surface area contributed by atoms with E-state index < -0.39 is 0 Å². The zero-order chi connectivity index (χ0) is 24.5. The predicted molar refractivity (Wildman–Crippen MR) is 150 cm³/mol. The van der Waals surface area contributed by atoms with Crippen LogP contribution in [0.5, 0.6) is 0 Å². The second kappa shape index (κ2) is 10.2. The Kier molecular flexibility index (Phi) is 7.08. The van der Waals surface area contributed by atoms with Crippen molar-refractivity contribution in [3.8, 4) is 22.6 Å². The molecule has 0 N–H and O–H groups in total. The number of rotatable bonds is 6. The van der Waals surface area contributed by atoms with E-state index in [1.807, 2.05) is 12.3 Å². The smallest absolute Gasteiger partial charge is 0.170 e. The van der Waals surface area contributed by atoms with E-state index in [4.69, 9.17) is 51.5 Å². The molecule has 1 aromatic heterocycles. The summed E-state index contributed by atoms with van der Waals surface area (Å²) < 4.78 is 5.78. The summed E-state index contributed by atoms with van der Waals surface area (Å²) in [7, 11) is 0. The van der Waals surface area contributed by atoms with Crippen molar-refractivity contribution >= 4 is 58.1 Å². The van der Waals surface area contributed by atoms with Crippen LogP contribution in [0.1, 0.15) is 27.8 Å². The number of benzene rings is 3. The van der Waals surface area contributed by atoms with Gasteiger partial charge in [-0.05, 0) is 54.7 Å². The molecule has 7 heteroatoms. The van der Waals surface area contributed by atoms with E-state index in [-0.39, 0.29) is 0 Å². The maximum atomic E-state index is 6.28. The van der Waals surface area contributed by atoms with Gasteiger partial charge in [0.15, 0.2) is 5.76 Å². The first-order chi connectivity index (χ1) is 16.9. The Labute approximate surface area is 224 Å². The molecule has 0 bridgehead atoms. The molecule has 176 valence electrons. The molecule has 0 atom stereocenters. The van der Waals surface area contributed by atoms with Gasteiger partial charge in [-0.15, -0.1) is 0 Å². The zero-order valence-electron chi connectivity index (χ0n) is 18.9. The summed E-state index contributed by atoms with van der Waals surface area (Å²) in [6.45, 7) is 2.49. The summed E-state index contributed by atoms with van der Waals surface area (Å²) >= 11 is 24.1. The molecular weight excluding hydrogens is 519 g/mol. The van der Waals surface area contributed by atoms with E-state index in [9.17, 15) is 0 Å². The quantitative estimate of drug-likeness (QED) is 0.182. The number of hydrogen-bond donors (Lipinski definition) is 0. The maximum absolute atomic E-state index is 6.28. The lowest BCUT2D eigenvalue weighted by atomic mass is 9.87. The van der Waals surface area contributed by atoms with E-state index in [2.05, 4.69) is 53.5 Å². The fraction of sp³-hybridized carbons (Fsp3) is 0.179. The van der Waals surface area contributed by atoms with E-state index >= 15 is 0 Å². The van der Waals surface area contributed by atoms with Crippen molar-refractivity contribution in [3.05, 3.63) is 97.5 Å². The van der Waals surface area contributed by atoms with Crippen molar-refractivity contribution in [2.45, 2.75) is 26.2 Å². The summed E-state index contributed by atoms with van der Waals surface area (Å²) in [6, 6.07) is 18.0. The molecule has 0 spiro atoms. The number of nitrogens with zero attached hydrogens (tertiary/aromatic N) is 2. The van der Waals surface area contributed by atoms with E-state index in [0.29, 0.717) is 28.0 Å². The molecule has 0 radical (unpaired) electrons. The Morgan fingerprint density at radius 3 is 2.51 bits per heavy atom. The van der Waals surface area contributed by atoms with Crippen LogP contribution in [0.3, 0.4) is 0 Å². The summed E-state index contributed by atoms with van der Waals surface area (Å²) in [5, 5.41) is 5.95. The Balaban J connectivity index is 1.29. The number of hydrogen-bond acceptors (Lipinski definition) is 4. The first-order valence-corrected chi connectivity index (χ1v) is 12.8. The molecule has 0 unspecified atom stereocenters.